The fourth-order valence-corrected chi connectivity index (χ4v) is 2.77. The van der Waals surface area contributed by atoms with Gasteiger partial charge in [0.05, 0.1) is 20.3 Å². The lowest BCUT2D eigenvalue weighted by Crippen LogP contribution is -2.42. The molecule has 1 aliphatic rings. The predicted molar refractivity (Wildman–Crippen MR) is 124 cm³/mol. The van der Waals surface area contributed by atoms with Crippen LogP contribution in [-0.4, -0.2) is 72.1 Å². The summed E-state index contributed by atoms with van der Waals surface area (Å²) in [6.07, 6.45) is 2.01. The van der Waals surface area contributed by atoms with Gasteiger partial charge in [0, 0.05) is 51.4 Å². The second kappa shape index (κ2) is 15.3. The van der Waals surface area contributed by atoms with Crippen LogP contribution in [0.3, 0.4) is 0 Å². The summed E-state index contributed by atoms with van der Waals surface area (Å²) in [4.78, 5) is 16.3. The average Bonchev–Trinajstić information content (AvgIpc) is 3.25. The molecular formula is C20H33IN4O4. The Labute approximate surface area is 190 Å². The van der Waals surface area contributed by atoms with Crippen molar-refractivity contribution >= 4 is 35.8 Å². The SMILES string of the molecule is CN=C(NCCCOCC1CCOC1)NCCNC(=O)c1ccc(OC)cc1.I. The van der Waals surface area contributed by atoms with Crippen molar-refractivity contribution in [2.75, 3.05) is 60.2 Å². The van der Waals surface area contributed by atoms with Gasteiger partial charge in [0.15, 0.2) is 5.96 Å². The van der Waals surface area contributed by atoms with Gasteiger partial charge < -0.3 is 30.2 Å². The van der Waals surface area contributed by atoms with Gasteiger partial charge in [0.2, 0.25) is 0 Å². The van der Waals surface area contributed by atoms with Gasteiger partial charge in [-0.05, 0) is 37.1 Å². The molecule has 1 saturated heterocycles. The Bertz CT molecular complexity index is 607. The van der Waals surface area contributed by atoms with Crippen molar-refractivity contribution in [2.24, 2.45) is 10.9 Å². The number of amides is 1. The molecule has 1 aromatic carbocycles. The number of methoxy groups -OCH3 is 1. The van der Waals surface area contributed by atoms with Gasteiger partial charge in [-0.3, -0.25) is 9.79 Å². The number of ether oxygens (including phenoxy) is 3. The average molecular weight is 520 g/mol. The molecule has 0 aliphatic carbocycles. The molecule has 9 heteroatoms. The van der Waals surface area contributed by atoms with Crippen molar-refractivity contribution < 1.29 is 19.0 Å². The predicted octanol–water partition coefficient (Wildman–Crippen LogP) is 1.65. The molecule has 1 heterocycles. The van der Waals surface area contributed by atoms with Gasteiger partial charge in [-0.2, -0.15) is 0 Å². The van der Waals surface area contributed by atoms with E-state index in [1.165, 1.54) is 0 Å². The van der Waals surface area contributed by atoms with E-state index < -0.39 is 0 Å². The molecule has 2 rings (SSSR count). The lowest BCUT2D eigenvalue weighted by Gasteiger charge is -2.13. The number of carbonyl (C=O) groups is 1. The molecule has 0 spiro atoms. The minimum atomic E-state index is -0.114. The number of aliphatic imine (C=N–C) groups is 1. The van der Waals surface area contributed by atoms with E-state index in [0.29, 0.717) is 30.5 Å². The normalized spacial score (nSPS) is 16.1. The number of carbonyl (C=O) groups excluding carboxylic acids is 1. The molecule has 1 unspecified atom stereocenters. The summed E-state index contributed by atoms with van der Waals surface area (Å²) in [5.74, 6) is 1.88. The van der Waals surface area contributed by atoms with Gasteiger partial charge in [0.1, 0.15) is 5.75 Å². The highest BCUT2D eigenvalue weighted by Gasteiger charge is 2.15. The van der Waals surface area contributed by atoms with E-state index in [9.17, 15) is 4.79 Å². The lowest BCUT2D eigenvalue weighted by molar-refractivity contribution is 0.0887. The molecule has 1 fully saturated rings. The number of guanidine groups is 1. The Balaban J connectivity index is 0.00000420. The standard InChI is InChI=1S/C20H32N4O4.HI/c1-21-20(23-9-3-12-27-14-16-8-13-28-15-16)24-11-10-22-19(25)17-4-6-18(26-2)7-5-17;/h4-7,16H,3,8-15H2,1-2H3,(H,22,25)(H2,21,23,24);1H. The quantitative estimate of drug-likeness (QED) is 0.178. The zero-order valence-corrected chi connectivity index (χ0v) is 19.6. The minimum Gasteiger partial charge on any atom is -0.497 e. The van der Waals surface area contributed by atoms with Gasteiger partial charge in [-0.1, -0.05) is 0 Å². The highest BCUT2D eigenvalue weighted by molar-refractivity contribution is 14.0. The molecule has 8 nitrogen and oxygen atoms in total. The van der Waals surface area contributed by atoms with Crippen molar-refractivity contribution in [2.45, 2.75) is 12.8 Å². The summed E-state index contributed by atoms with van der Waals surface area (Å²) >= 11 is 0. The first-order chi connectivity index (χ1) is 13.7. The summed E-state index contributed by atoms with van der Waals surface area (Å²) in [6, 6.07) is 7.02. The molecule has 0 radical (unpaired) electrons. The molecule has 29 heavy (non-hydrogen) atoms. The Kier molecular flexibility index (Phi) is 13.4. The lowest BCUT2D eigenvalue weighted by atomic mass is 10.1. The maximum Gasteiger partial charge on any atom is 0.251 e. The van der Waals surface area contributed by atoms with Crippen LogP contribution in [0.5, 0.6) is 5.75 Å². The fourth-order valence-electron chi connectivity index (χ4n) is 2.77. The molecular weight excluding hydrogens is 487 g/mol. The molecule has 0 bridgehead atoms. The first-order valence-electron chi connectivity index (χ1n) is 9.75. The van der Waals surface area contributed by atoms with Crippen molar-refractivity contribution in [3.8, 4) is 5.75 Å². The van der Waals surface area contributed by atoms with Crippen LogP contribution in [0.2, 0.25) is 0 Å². The highest BCUT2D eigenvalue weighted by atomic mass is 127. The highest BCUT2D eigenvalue weighted by Crippen LogP contribution is 2.12. The van der Waals surface area contributed by atoms with Crippen LogP contribution in [0.1, 0.15) is 23.2 Å². The summed E-state index contributed by atoms with van der Waals surface area (Å²) in [6.45, 7) is 5.04. The molecule has 0 saturated carbocycles. The third-order valence-electron chi connectivity index (χ3n) is 4.41. The molecule has 1 aromatic rings. The maximum atomic E-state index is 12.1. The second-order valence-corrected chi connectivity index (χ2v) is 6.57. The van der Waals surface area contributed by atoms with Crippen LogP contribution in [0, 0.1) is 5.92 Å². The third-order valence-corrected chi connectivity index (χ3v) is 4.41. The Morgan fingerprint density at radius 3 is 2.55 bits per heavy atom. The van der Waals surface area contributed by atoms with E-state index in [0.717, 1.165) is 51.6 Å². The van der Waals surface area contributed by atoms with Gasteiger partial charge in [0.25, 0.3) is 5.91 Å². The zero-order chi connectivity index (χ0) is 20.0. The number of benzene rings is 1. The molecule has 164 valence electrons. The largest absolute Gasteiger partial charge is 0.497 e. The van der Waals surface area contributed by atoms with Gasteiger partial charge >= 0.3 is 0 Å². The first kappa shape index (κ1) is 25.4. The van der Waals surface area contributed by atoms with Gasteiger partial charge in [-0.25, -0.2) is 0 Å². The van der Waals surface area contributed by atoms with E-state index in [1.807, 2.05) is 0 Å². The third kappa shape index (κ3) is 10.1. The van der Waals surface area contributed by atoms with Crippen molar-refractivity contribution in [3.05, 3.63) is 29.8 Å². The molecule has 1 atom stereocenters. The van der Waals surface area contributed by atoms with E-state index in [-0.39, 0.29) is 29.9 Å². The van der Waals surface area contributed by atoms with Crippen molar-refractivity contribution in [1.29, 1.82) is 0 Å². The fraction of sp³-hybridized carbons (Fsp3) is 0.600. The number of hydrogen-bond donors (Lipinski definition) is 3. The van der Waals surface area contributed by atoms with E-state index >= 15 is 0 Å². The van der Waals surface area contributed by atoms with Crippen LogP contribution in [0.4, 0.5) is 0 Å². The van der Waals surface area contributed by atoms with E-state index in [4.69, 9.17) is 14.2 Å². The first-order valence-corrected chi connectivity index (χ1v) is 9.75. The molecule has 0 aromatic heterocycles. The monoisotopic (exact) mass is 520 g/mol. The molecule has 1 amide bonds. The topological polar surface area (TPSA) is 93.2 Å². The van der Waals surface area contributed by atoms with Crippen LogP contribution < -0.4 is 20.7 Å². The van der Waals surface area contributed by atoms with Crippen LogP contribution >= 0.6 is 24.0 Å². The summed E-state index contributed by atoms with van der Waals surface area (Å²) < 4.78 is 16.1. The summed E-state index contributed by atoms with van der Waals surface area (Å²) in [7, 11) is 3.32. The van der Waals surface area contributed by atoms with Crippen molar-refractivity contribution in [1.82, 2.24) is 16.0 Å². The van der Waals surface area contributed by atoms with Crippen LogP contribution in [-0.2, 0) is 9.47 Å². The van der Waals surface area contributed by atoms with Crippen LogP contribution in [0.15, 0.2) is 29.3 Å². The number of halogens is 1. The summed E-state index contributed by atoms with van der Waals surface area (Å²) in [5, 5.41) is 9.29. The smallest absolute Gasteiger partial charge is 0.251 e. The zero-order valence-electron chi connectivity index (χ0n) is 17.2. The molecule has 3 N–H and O–H groups in total. The molecule has 1 aliphatic heterocycles. The number of nitrogens with zero attached hydrogens (tertiary/aromatic N) is 1. The summed E-state index contributed by atoms with van der Waals surface area (Å²) in [5.41, 5.74) is 0.604. The van der Waals surface area contributed by atoms with Gasteiger partial charge in [-0.15, -0.1) is 24.0 Å². The van der Waals surface area contributed by atoms with E-state index in [1.54, 1.807) is 38.4 Å². The van der Waals surface area contributed by atoms with Crippen LogP contribution in [0.25, 0.3) is 0 Å². The Hall–Kier alpha value is -1.59. The number of hydrogen-bond acceptors (Lipinski definition) is 5. The Morgan fingerprint density at radius 2 is 1.90 bits per heavy atom. The number of nitrogens with one attached hydrogen (secondary N) is 3. The van der Waals surface area contributed by atoms with E-state index in [2.05, 4.69) is 20.9 Å². The Morgan fingerprint density at radius 1 is 1.17 bits per heavy atom. The maximum absolute atomic E-state index is 12.1. The number of rotatable bonds is 11. The minimum absolute atomic E-state index is 0. The van der Waals surface area contributed by atoms with Crippen molar-refractivity contribution in [3.63, 3.8) is 0 Å². The second-order valence-electron chi connectivity index (χ2n) is 6.57.